The van der Waals surface area contributed by atoms with Crippen molar-refractivity contribution < 1.29 is 76.6 Å². The van der Waals surface area contributed by atoms with Crippen LogP contribution in [-0.2, 0) is 76.6 Å². The van der Waals surface area contributed by atoms with Crippen molar-refractivity contribution in [1.82, 2.24) is 66.6 Å². The monoisotopic (exact) mass is 1420 g/mol. The van der Waals surface area contributed by atoms with E-state index in [2.05, 4.69) is 37.2 Å². The Labute approximate surface area is 595 Å². The maximum absolute atomic E-state index is 15.1. The van der Waals surface area contributed by atoms with Crippen LogP contribution in [0.3, 0.4) is 0 Å². The van der Waals surface area contributed by atoms with Gasteiger partial charge in [0.15, 0.2) is 0 Å². The van der Waals surface area contributed by atoms with Crippen LogP contribution in [0.1, 0.15) is 183 Å². The van der Waals surface area contributed by atoms with Gasteiger partial charge in [-0.15, -0.1) is 0 Å². The number of amides is 13. The van der Waals surface area contributed by atoms with Gasteiger partial charge in [0.1, 0.15) is 79.2 Å². The topological polar surface area (TPSA) is 361 Å². The summed E-state index contributed by atoms with van der Waals surface area (Å²) in [4.78, 5) is 208. The normalized spacial score (nSPS) is 25.4. The Bertz CT molecular complexity index is 2780. The van der Waals surface area contributed by atoms with Crippen LogP contribution in [0.15, 0.2) is 0 Å². The standard InChI is InChI=1S/C71H127N13O16/c1-27-43(14)57-69(96)84(25)60(45(16)29-3)70(97)80(21)47(18)62(89)73-46(17)61(88)74-49(34-38(4)5)65(92)82(23)51(36-40(8)9)71(98)100-48(19)58(78-63(90)50(35-39(6)7)81(22)67(94)55(41(10)11)77-54(87)37-99-26)66(93)79(20)33-31-53(86)75-56(42(12)13)68(95)83(24)59(44(15)28-2)64(91)72-32-30-52(85)76-57/h38-51,55-60H,27-37H2,1-26H3,(H,72,91)(H,73,89)(H,74,88)(H,75,86)(H,76,85)(H,77,87)(H,78,90)/t43-,44-,45-,46-,47-,48+,49+,50+,51+,55-,56+,57+,58-,59-,60-/m0/s1. The van der Waals surface area contributed by atoms with Crippen LogP contribution >= 0.6 is 0 Å². The second-order valence-corrected chi connectivity index (χ2v) is 29.4. The Morgan fingerprint density at radius 1 is 0.590 bits per heavy atom. The number of nitrogens with one attached hydrogen (secondary N) is 7. The van der Waals surface area contributed by atoms with Crippen molar-refractivity contribution in [3.63, 3.8) is 0 Å². The molecule has 100 heavy (non-hydrogen) atoms. The van der Waals surface area contributed by atoms with Gasteiger partial charge in [0.2, 0.25) is 76.8 Å². The minimum absolute atomic E-state index is 0.00597. The van der Waals surface area contributed by atoms with E-state index in [0.29, 0.717) is 19.3 Å². The molecular formula is C71H127N13O16. The van der Waals surface area contributed by atoms with Gasteiger partial charge in [0.25, 0.3) is 0 Å². The zero-order valence-corrected chi connectivity index (χ0v) is 65.0. The van der Waals surface area contributed by atoms with Gasteiger partial charge >= 0.3 is 5.97 Å². The molecule has 0 saturated carbocycles. The summed E-state index contributed by atoms with van der Waals surface area (Å²) in [5, 5.41) is 19.2. The van der Waals surface area contributed by atoms with Crippen LogP contribution in [-0.4, -0.2) is 254 Å². The van der Waals surface area contributed by atoms with E-state index >= 15 is 4.79 Å². The molecule has 1 aliphatic heterocycles. The molecule has 1 saturated heterocycles. The highest BCUT2D eigenvalue weighted by Gasteiger charge is 2.44. The first-order chi connectivity index (χ1) is 46.4. The molecule has 1 rings (SSSR count). The lowest BCUT2D eigenvalue weighted by Gasteiger charge is -2.38. The van der Waals surface area contributed by atoms with E-state index in [-0.39, 0.29) is 63.1 Å². The first-order valence-corrected chi connectivity index (χ1v) is 35.7. The average Bonchev–Trinajstić information content (AvgIpc) is 0.821. The molecule has 7 N–H and O–H groups in total. The molecule has 15 atom stereocenters. The summed E-state index contributed by atoms with van der Waals surface area (Å²) in [6.45, 7) is 31.9. The minimum Gasteiger partial charge on any atom is -0.458 e. The molecule has 0 unspecified atom stereocenters. The van der Waals surface area contributed by atoms with Gasteiger partial charge in [-0.25, -0.2) is 4.79 Å². The van der Waals surface area contributed by atoms with Gasteiger partial charge < -0.3 is 76.1 Å². The van der Waals surface area contributed by atoms with E-state index in [1.807, 2.05) is 48.5 Å². The lowest BCUT2D eigenvalue weighted by molar-refractivity contribution is -0.163. The lowest BCUT2D eigenvalue weighted by Crippen LogP contribution is -2.61. The van der Waals surface area contributed by atoms with Crippen molar-refractivity contribution in [3.05, 3.63) is 0 Å². The third-order valence-corrected chi connectivity index (χ3v) is 19.0. The smallest absolute Gasteiger partial charge is 0.329 e. The fourth-order valence-corrected chi connectivity index (χ4v) is 11.8. The molecule has 1 aliphatic rings. The number of carbonyl (C=O) groups excluding carboxylic acids is 14. The van der Waals surface area contributed by atoms with E-state index in [9.17, 15) is 62.3 Å². The number of likely N-dealkylation sites (N-methyl/N-ethyl adjacent to an activating group) is 6. The quantitative estimate of drug-likeness (QED) is 0.0812. The molecule has 0 radical (unpaired) electrons. The lowest BCUT2D eigenvalue weighted by atomic mass is 9.93. The molecule has 13 amide bonds. The molecule has 0 aromatic carbocycles. The van der Waals surface area contributed by atoms with Crippen LogP contribution in [0.4, 0.5) is 0 Å². The zero-order valence-electron chi connectivity index (χ0n) is 65.0. The second kappa shape index (κ2) is 42.7. The number of esters is 1. The number of methoxy groups -OCH3 is 1. The van der Waals surface area contributed by atoms with E-state index in [1.54, 1.807) is 62.3 Å². The van der Waals surface area contributed by atoms with E-state index in [0.717, 1.165) is 9.80 Å². The van der Waals surface area contributed by atoms with Crippen molar-refractivity contribution in [2.75, 3.05) is 69.1 Å². The van der Waals surface area contributed by atoms with Crippen molar-refractivity contribution in [2.24, 2.45) is 47.3 Å². The summed E-state index contributed by atoms with van der Waals surface area (Å²) in [7, 11) is 9.73. The van der Waals surface area contributed by atoms with E-state index in [1.165, 1.54) is 89.8 Å². The number of cyclic esters (lactones) is 1. The van der Waals surface area contributed by atoms with Crippen LogP contribution < -0.4 is 37.2 Å². The predicted molar refractivity (Wildman–Crippen MR) is 379 cm³/mol. The zero-order chi connectivity index (χ0) is 77.2. The van der Waals surface area contributed by atoms with Gasteiger partial charge in [0.05, 0.1) is 0 Å². The van der Waals surface area contributed by atoms with Crippen molar-refractivity contribution in [3.8, 4) is 0 Å². The number of hydrogen-bond donors (Lipinski definition) is 7. The Hall–Kier alpha value is -7.46. The highest BCUT2D eigenvalue weighted by Crippen LogP contribution is 2.24. The number of carbonyl (C=O) groups is 14. The largest absolute Gasteiger partial charge is 0.458 e. The van der Waals surface area contributed by atoms with Crippen LogP contribution in [0.2, 0.25) is 0 Å². The SMILES string of the molecule is CC[C@H](C)[C@H]1C(=O)NCCC(=O)N[C@H]([C@@H](C)CC)C(=O)N(C)[C@@H]([C@@H](C)CC)C(=O)N(C)[C@@H](C)C(=O)N[C@@H](C)C(=O)N[C@H](CC(C)C)C(=O)N(C)[C@H](CC(C)C)C(=O)O[C@H](C)[C@H](NC(=O)[C@@H](CC(C)C)N(C)C(=O)[C@@H](NC(=O)COC)C(C)C)C(=O)N(C)CCC(=O)N[C@H](C(C)C)C(=O)N1C. The molecular weight excluding hydrogens is 1290 g/mol. The van der Waals surface area contributed by atoms with Crippen molar-refractivity contribution in [2.45, 2.75) is 255 Å². The first-order valence-electron chi connectivity index (χ1n) is 35.7. The highest BCUT2D eigenvalue weighted by atomic mass is 16.5. The van der Waals surface area contributed by atoms with Gasteiger partial charge in [-0.05, 0) is 87.4 Å². The molecule has 29 heteroatoms. The van der Waals surface area contributed by atoms with Gasteiger partial charge in [-0.2, -0.15) is 0 Å². The summed E-state index contributed by atoms with van der Waals surface area (Å²) < 4.78 is 11.1. The molecule has 0 spiro atoms. The molecule has 0 aromatic rings. The van der Waals surface area contributed by atoms with Crippen LogP contribution in [0.25, 0.3) is 0 Å². The molecule has 0 aliphatic carbocycles. The number of nitrogens with zero attached hydrogens (tertiary/aromatic N) is 6. The van der Waals surface area contributed by atoms with Crippen LogP contribution in [0.5, 0.6) is 0 Å². The average molecular weight is 1420 g/mol. The van der Waals surface area contributed by atoms with Crippen molar-refractivity contribution >= 4 is 82.8 Å². The van der Waals surface area contributed by atoms with E-state index < -0.39 is 191 Å². The van der Waals surface area contributed by atoms with Gasteiger partial charge in [0, 0.05) is 75.3 Å². The van der Waals surface area contributed by atoms with Gasteiger partial charge in [-0.1, -0.05) is 130 Å². The van der Waals surface area contributed by atoms with Crippen molar-refractivity contribution in [1.29, 1.82) is 0 Å². The summed E-state index contributed by atoms with van der Waals surface area (Å²) in [6, 6.07) is -13.8. The number of rotatable bonds is 21. The minimum atomic E-state index is -1.72. The highest BCUT2D eigenvalue weighted by molar-refractivity contribution is 5.98. The Kier molecular flexibility index (Phi) is 38.7. The molecule has 572 valence electrons. The maximum atomic E-state index is 15.1. The summed E-state index contributed by atoms with van der Waals surface area (Å²) in [5.41, 5.74) is 0. The van der Waals surface area contributed by atoms with E-state index in [4.69, 9.17) is 9.47 Å². The molecule has 1 heterocycles. The second-order valence-electron chi connectivity index (χ2n) is 29.4. The van der Waals surface area contributed by atoms with Gasteiger partial charge in [-0.3, -0.25) is 62.3 Å². The Morgan fingerprint density at radius 2 is 1.11 bits per heavy atom. The number of ether oxygens (including phenoxy) is 2. The third-order valence-electron chi connectivity index (χ3n) is 19.0. The summed E-state index contributed by atoms with van der Waals surface area (Å²) >= 11 is 0. The predicted octanol–water partition coefficient (Wildman–Crippen LogP) is 2.61. The summed E-state index contributed by atoms with van der Waals surface area (Å²) in [6.07, 6.45) is -0.770. The molecule has 0 aromatic heterocycles. The fraction of sp³-hybridized carbons (Fsp3) is 0.803. The Morgan fingerprint density at radius 3 is 1.62 bits per heavy atom. The molecule has 29 nitrogen and oxygen atoms in total. The summed E-state index contributed by atoms with van der Waals surface area (Å²) in [5.74, 6) is -12.8. The number of hydrogen-bond acceptors (Lipinski definition) is 16. The molecule has 1 fully saturated rings. The maximum Gasteiger partial charge on any atom is 0.329 e. The Balaban J connectivity index is 4.29. The van der Waals surface area contributed by atoms with Crippen LogP contribution in [0, 0.1) is 47.3 Å². The molecule has 0 bridgehead atoms. The fourth-order valence-electron chi connectivity index (χ4n) is 11.8. The first kappa shape index (κ1) is 90.6. The third kappa shape index (κ3) is 26.8.